The lowest BCUT2D eigenvalue weighted by atomic mass is 10.1. The molecule has 3 aromatic heterocycles. The third-order valence-corrected chi connectivity index (χ3v) is 5.53. The van der Waals surface area contributed by atoms with Gasteiger partial charge in [-0.15, -0.1) is 11.3 Å². The Balaban J connectivity index is 1.62. The van der Waals surface area contributed by atoms with Crippen molar-refractivity contribution in [2.45, 2.75) is 33.4 Å². The summed E-state index contributed by atoms with van der Waals surface area (Å²) in [5, 5.41) is 1.10. The van der Waals surface area contributed by atoms with Crippen molar-refractivity contribution in [2.75, 3.05) is 6.54 Å². The Labute approximate surface area is 149 Å². The highest BCUT2D eigenvalue weighted by Gasteiger charge is 2.22. The zero-order valence-electron chi connectivity index (χ0n) is 14.2. The van der Waals surface area contributed by atoms with Crippen LogP contribution in [-0.2, 0) is 19.5 Å². The van der Waals surface area contributed by atoms with Crippen LogP contribution in [0.3, 0.4) is 0 Å². The van der Waals surface area contributed by atoms with Crippen LogP contribution in [0, 0.1) is 13.8 Å². The van der Waals surface area contributed by atoms with E-state index < -0.39 is 0 Å². The first kappa shape index (κ1) is 16.1. The van der Waals surface area contributed by atoms with E-state index in [9.17, 15) is 4.79 Å². The minimum absolute atomic E-state index is 0.0266. The largest absolute Gasteiger partial charge is 0.306 e. The van der Waals surface area contributed by atoms with Crippen molar-refractivity contribution in [2.24, 2.45) is 0 Å². The number of fused-ring (bicyclic) bond motifs is 1. The van der Waals surface area contributed by atoms with Gasteiger partial charge in [-0.25, -0.2) is 9.97 Å². The van der Waals surface area contributed by atoms with Crippen molar-refractivity contribution < 1.29 is 0 Å². The van der Waals surface area contributed by atoms with Gasteiger partial charge in [0.25, 0.3) is 5.56 Å². The third-order valence-electron chi connectivity index (χ3n) is 4.47. The van der Waals surface area contributed by atoms with E-state index in [2.05, 4.69) is 26.8 Å². The van der Waals surface area contributed by atoms with Crippen LogP contribution in [0.5, 0.6) is 0 Å². The molecule has 128 valence electrons. The number of H-pyrrole nitrogens is 1. The Kier molecular flexibility index (Phi) is 4.19. The van der Waals surface area contributed by atoms with E-state index >= 15 is 0 Å². The maximum Gasteiger partial charge on any atom is 0.254 e. The van der Waals surface area contributed by atoms with Crippen LogP contribution in [0.2, 0.25) is 0 Å². The van der Waals surface area contributed by atoms with Crippen LogP contribution in [0.25, 0.3) is 11.4 Å². The van der Waals surface area contributed by atoms with Crippen molar-refractivity contribution in [3.05, 3.63) is 61.7 Å². The second-order valence-electron chi connectivity index (χ2n) is 6.28. The predicted molar refractivity (Wildman–Crippen MR) is 97.5 cm³/mol. The van der Waals surface area contributed by atoms with Crippen molar-refractivity contribution in [3.8, 4) is 11.4 Å². The quantitative estimate of drug-likeness (QED) is 0.783. The van der Waals surface area contributed by atoms with E-state index in [1.165, 1.54) is 4.88 Å². The summed E-state index contributed by atoms with van der Waals surface area (Å²) in [5.41, 5.74) is 3.64. The van der Waals surface area contributed by atoms with Gasteiger partial charge < -0.3 is 4.98 Å². The molecule has 0 aliphatic carbocycles. The Morgan fingerprint density at radius 3 is 2.76 bits per heavy atom. The molecule has 4 rings (SSSR count). The number of rotatable bonds is 3. The Morgan fingerprint density at radius 2 is 2.04 bits per heavy atom. The number of hydrogen-bond acceptors (Lipinski definition) is 6. The molecule has 0 spiro atoms. The highest BCUT2D eigenvalue weighted by atomic mass is 32.1. The van der Waals surface area contributed by atoms with Crippen LogP contribution in [0.4, 0.5) is 0 Å². The minimum atomic E-state index is -0.0266. The van der Waals surface area contributed by atoms with Gasteiger partial charge in [-0.1, -0.05) is 0 Å². The second kappa shape index (κ2) is 6.50. The zero-order chi connectivity index (χ0) is 17.4. The standard InChI is InChI=1S/C18H19N5OS/c1-11-16(25-12(2)20-11)10-23-8-5-14-15(9-23)21-17(22-18(14)24)13-3-6-19-7-4-13/h3-4,6-7H,5,8-10H2,1-2H3,(H,21,22,24). The number of nitrogens with zero attached hydrogens (tertiary/aromatic N) is 4. The van der Waals surface area contributed by atoms with Crippen molar-refractivity contribution in [1.82, 2.24) is 24.8 Å². The Morgan fingerprint density at radius 1 is 1.24 bits per heavy atom. The van der Waals surface area contributed by atoms with Crippen LogP contribution >= 0.6 is 11.3 Å². The van der Waals surface area contributed by atoms with E-state index in [0.29, 0.717) is 12.4 Å². The van der Waals surface area contributed by atoms with E-state index in [1.807, 2.05) is 19.1 Å². The molecule has 1 aliphatic heterocycles. The molecule has 0 radical (unpaired) electrons. The van der Waals surface area contributed by atoms with Gasteiger partial charge in [-0.3, -0.25) is 14.7 Å². The number of hydrogen-bond donors (Lipinski definition) is 1. The minimum Gasteiger partial charge on any atom is -0.306 e. The first-order chi connectivity index (χ1) is 12.1. The first-order valence-corrected chi connectivity index (χ1v) is 9.09. The second-order valence-corrected chi connectivity index (χ2v) is 7.57. The number of thiazole rings is 1. The van der Waals surface area contributed by atoms with Gasteiger partial charge in [0, 0.05) is 48.0 Å². The number of nitrogens with one attached hydrogen (secondary N) is 1. The maximum atomic E-state index is 12.4. The summed E-state index contributed by atoms with van der Waals surface area (Å²) in [4.78, 5) is 32.2. The number of aromatic amines is 1. The highest BCUT2D eigenvalue weighted by Crippen LogP contribution is 2.23. The average molecular weight is 353 g/mol. The summed E-state index contributed by atoms with van der Waals surface area (Å²) in [7, 11) is 0. The van der Waals surface area contributed by atoms with Crippen LogP contribution in [0.1, 0.15) is 26.8 Å². The molecule has 0 fully saturated rings. The van der Waals surface area contributed by atoms with Gasteiger partial charge >= 0.3 is 0 Å². The molecule has 0 atom stereocenters. The number of aryl methyl sites for hydroxylation is 2. The Bertz CT molecular complexity index is 963. The third kappa shape index (κ3) is 3.25. The zero-order valence-corrected chi connectivity index (χ0v) is 15.1. The molecule has 25 heavy (non-hydrogen) atoms. The molecule has 0 saturated heterocycles. The van der Waals surface area contributed by atoms with Gasteiger partial charge in [0.15, 0.2) is 0 Å². The van der Waals surface area contributed by atoms with Crippen LogP contribution in [0.15, 0.2) is 29.3 Å². The number of pyridine rings is 1. The van der Waals surface area contributed by atoms with Gasteiger partial charge in [-0.05, 0) is 32.4 Å². The molecule has 3 aromatic rings. The molecule has 0 unspecified atom stereocenters. The van der Waals surface area contributed by atoms with Gasteiger partial charge in [0.1, 0.15) is 5.82 Å². The molecule has 0 amide bonds. The SMILES string of the molecule is Cc1nc(C)c(CN2CCc3c(nc(-c4ccncc4)[nH]c3=O)C2)s1. The molecular formula is C18H19N5OS. The fraction of sp³-hybridized carbons (Fsp3) is 0.333. The van der Waals surface area contributed by atoms with Crippen molar-refractivity contribution in [3.63, 3.8) is 0 Å². The van der Waals surface area contributed by atoms with Gasteiger partial charge in [0.2, 0.25) is 0 Å². The fourth-order valence-corrected chi connectivity index (χ4v) is 4.18. The van der Waals surface area contributed by atoms with E-state index in [-0.39, 0.29) is 5.56 Å². The van der Waals surface area contributed by atoms with Crippen LogP contribution < -0.4 is 5.56 Å². The highest BCUT2D eigenvalue weighted by molar-refractivity contribution is 7.11. The first-order valence-electron chi connectivity index (χ1n) is 8.28. The van der Waals surface area contributed by atoms with Gasteiger partial charge in [-0.2, -0.15) is 0 Å². The smallest absolute Gasteiger partial charge is 0.254 e. The summed E-state index contributed by atoms with van der Waals surface area (Å²) in [5.74, 6) is 0.609. The summed E-state index contributed by atoms with van der Waals surface area (Å²) < 4.78 is 0. The lowest BCUT2D eigenvalue weighted by molar-refractivity contribution is 0.242. The fourth-order valence-electron chi connectivity index (χ4n) is 3.20. The molecular weight excluding hydrogens is 334 g/mol. The molecule has 0 bridgehead atoms. The lowest BCUT2D eigenvalue weighted by Crippen LogP contribution is -2.35. The normalized spacial score (nSPS) is 14.5. The summed E-state index contributed by atoms with van der Waals surface area (Å²) in [6.07, 6.45) is 4.14. The maximum absolute atomic E-state index is 12.4. The molecule has 1 N–H and O–H groups in total. The summed E-state index contributed by atoms with van der Waals surface area (Å²) in [6, 6.07) is 3.71. The molecule has 0 aromatic carbocycles. The molecule has 0 saturated carbocycles. The molecule has 6 nitrogen and oxygen atoms in total. The van der Waals surface area contributed by atoms with Crippen molar-refractivity contribution in [1.29, 1.82) is 0 Å². The average Bonchev–Trinajstić information content (AvgIpc) is 2.92. The molecule has 1 aliphatic rings. The lowest BCUT2D eigenvalue weighted by Gasteiger charge is -2.27. The van der Waals surface area contributed by atoms with Gasteiger partial charge in [0.05, 0.1) is 16.4 Å². The van der Waals surface area contributed by atoms with E-state index in [0.717, 1.165) is 47.0 Å². The predicted octanol–water partition coefficient (Wildman–Crippen LogP) is 2.46. The Hall–Kier alpha value is -2.38. The van der Waals surface area contributed by atoms with Crippen molar-refractivity contribution >= 4 is 11.3 Å². The molecule has 4 heterocycles. The van der Waals surface area contributed by atoms with E-state index in [1.54, 1.807) is 23.7 Å². The number of aromatic nitrogens is 4. The van der Waals surface area contributed by atoms with E-state index in [4.69, 9.17) is 4.98 Å². The monoisotopic (exact) mass is 353 g/mol. The topological polar surface area (TPSA) is 74.8 Å². The molecule has 7 heteroatoms. The van der Waals surface area contributed by atoms with Crippen LogP contribution in [-0.4, -0.2) is 31.4 Å². The summed E-state index contributed by atoms with van der Waals surface area (Å²) >= 11 is 1.74. The summed E-state index contributed by atoms with van der Waals surface area (Å²) in [6.45, 7) is 6.50.